The fraction of sp³-hybridized carbons (Fsp3) is 0.357. The number of carbonyl (C=O) groups is 2. The first kappa shape index (κ1) is 25.3. The lowest BCUT2D eigenvalue weighted by Crippen LogP contribution is -2.29. The van der Waals surface area contributed by atoms with E-state index < -0.39 is 6.10 Å². The van der Waals surface area contributed by atoms with Gasteiger partial charge in [0, 0.05) is 28.5 Å². The number of esters is 1. The van der Waals surface area contributed by atoms with E-state index in [1.54, 1.807) is 31.2 Å². The van der Waals surface area contributed by atoms with Gasteiger partial charge in [-0.1, -0.05) is 19.4 Å². The van der Waals surface area contributed by atoms with Crippen molar-refractivity contribution < 1.29 is 23.5 Å². The Morgan fingerprint density at radius 2 is 1.89 bits per heavy atom. The van der Waals surface area contributed by atoms with Gasteiger partial charge in [-0.3, -0.25) is 4.79 Å². The summed E-state index contributed by atoms with van der Waals surface area (Å²) in [4.78, 5) is 31.3. The minimum absolute atomic E-state index is 0.232. The number of amides is 1. The van der Waals surface area contributed by atoms with Gasteiger partial charge in [0.25, 0.3) is 5.91 Å². The maximum absolute atomic E-state index is 14.2. The molecule has 0 radical (unpaired) electrons. The number of H-pyrrole nitrogens is 2. The molecule has 0 spiro atoms. The standard InChI is InChI=1S/C28H32FN3O4/c1-5-7-24(28(34)35-6-2)36-19-9-11-22-18(14-19)15-23(32-22)27(33)30-13-12-20-17(4)31-26-21(29)10-8-16(3)25(20)26/h8-11,14-15,24,31-32H,5-7,12-13H2,1-4H3,(H,30,33). The molecule has 0 fully saturated rings. The van der Waals surface area contributed by atoms with Crippen molar-refractivity contribution in [2.45, 2.75) is 53.1 Å². The van der Waals surface area contributed by atoms with Crippen molar-refractivity contribution in [2.75, 3.05) is 13.2 Å². The first-order valence-corrected chi connectivity index (χ1v) is 12.3. The minimum atomic E-state index is -0.667. The van der Waals surface area contributed by atoms with Crippen molar-refractivity contribution in [3.05, 3.63) is 64.7 Å². The van der Waals surface area contributed by atoms with E-state index in [4.69, 9.17) is 9.47 Å². The average Bonchev–Trinajstić information content (AvgIpc) is 3.43. The molecule has 7 nitrogen and oxygen atoms in total. The zero-order valence-electron chi connectivity index (χ0n) is 21.1. The van der Waals surface area contributed by atoms with Crippen LogP contribution >= 0.6 is 0 Å². The summed E-state index contributed by atoms with van der Waals surface area (Å²) in [5.41, 5.74) is 4.62. The van der Waals surface area contributed by atoms with Crippen LogP contribution in [0.25, 0.3) is 21.8 Å². The lowest BCUT2D eigenvalue weighted by atomic mass is 10.0. The molecular formula is C28H32FN3O4. The van der Waals surface area contributed by atoms with Crippen molar-refractivity contribution in [3.63, 3.8) is 0 Å². The van der Waals surface area contributed by atoms with Crippen LogP contribution in [0, 0.1) is 19.7 Å². The summed E-state index contributed by atoms with van der Waals surface area (Å²) in [5, 5.41) is 4.63. The first-order chi connectivity index (χ1) is 17.3. The van der Waals surface area contributed by atoms with Gasteiger partial charge < -0.3 is 24.8 Å². The van der Waals surface area contributed by atoms with Gasteiger partial charge in [-0.15, -0.1) is 0 Å². The summed E-state index contributed by atoms with van der Waals surface area (Å²) >= 11 is 0. The van der Waals surface area contributed by atoms with E-state index in [1.165, 1.54) is 6.07 Å². The Morgan fingerprint density at radius 1 is 1.08 bits per heavy atom. The maximum Gasteiger partial charge on any atom is 0.347 e. The summed E-state index contributed by atoms with van der Waals surface area (Å²) in [6.45, 7) is 8.33. The lowest BCUT2D eigenvalue weighted by molar-refractivity contribution is -0.151. The Balaban J connectivity index is 1.43. The molecule has 0 saturated heterocycles. The van der Waals surface area contributed by atoms with E-state index >= 15 is 0 Å². The molecule has 1 unspecified atom stereocenters. The molecule has 190 valence electrons. The van der Waals surface area contributed by atoms with Gasteiger partial charge in [0.2, 0.25) is 0 Å². The Bertz CT molecular complexity index is 1410. The molecule has 4 aromatic rings. The summed E-state index contributed by atoms with van der Waals surface area (Å²) in [6, 6.07) is 10.4. The molecule has 0 bridgehead atoms. The molecule has 1 atom stereocenters. The molecule has 36 heavy (non-hydrogen) atoms. The van der Waals surface area contributed by atoms with E-state index in [9.17, 15) is 14.0 Å². The maximum atomic E-state index is 14.2. The highest BCUT2D eigenvalue weighted by molar-refractivity contribution is 5.98. The molecule has 4 rings (SSSR count). The average molecular weight is 494 g/mol. The second kappa shape index (κ2) is 10.8. The number of carbonyl (C=O) groups excluding carboxylic acids is 2. The van der Waals surface area contributed by atoms with Crippen LogP contribution in [0.15, 0.2) is 36.4 Å². The van der Waals surface area contributed by atoms with Gasteiger partial charge in [0.05, 0.1) is 12.1 Å². The molecule has 0 aliphatic carbocycles. The molecule has 2 aromatic heterocycles. The van der Waals surface area contributed by atoms with Crippen LogP contribution in [0.1, 0.15) is 54.0 Å². The Labute approximate surface area is 209 Å². The third kappa shape index (κ3) is 5.22. The number of benzene rings is 2. The van der Waals surface area contributed by atoms with Crippen LogP contribution < -0.4 is 10.1 Å². The van der Waals surface area contributed by atoms with Crippen LogP contribution in [-0.2, 0) is 16.0 Å². The molecule has 2 aromatic carbocycles. The SMILES string of the molecule is CCCC(Oc1ccc2[nH]c(C(=O)NCCc3c(C)[nH]c4c(F)ccc(C)c34)cc2c1)C(=O)OCC. The smallest absolute Gasteiger partial charge is 0.347 e. The van der Waals surface area contributed by atoms with Crippen LogP contribution in [0.4, 0.5) is 4.39 Å². The highest BCUT2D eigenvalue weighted by Crippen LogP contribution is 2.28. The number of aromatic nitrogens is 2. The molecular weight excluding hydrogens is 461 g/mol. The second-order valence-electron chi connectivity index (χ2n) is 8.93. The fourth-order valence-electron chi connectivity index (χ4n) is 4.54. The quantitative estimate of drug-likeness (QED) is 0.255. The van der Waals surface area contributed by atoms with Gasteiger partial charge in [0.1, 0.15) is 17.3 Å². The number of hydrogen-bond donors (Lipinski definition) is 3. The molecule has 0 aliphatic rings. The van der Waals surface area contributed by atoms with Crippen molar-refractivity contribution in [1.82, 2.24) is 15.3 Å². The monoisotopic (exact) mass is 493 g/mol. The van der Waals surface area contributed by atoms with Crippen molar-refractivity contribution >= 4 is 33.7 Å². The summed E-state index contributed by atoms with van der Waals surface area (Å²) in [7, 11) is 0. The second-order valence-corrected chi connectivity index (χ2v) is 8.93. The zero-order chi connectivity index (χ0) is 25.8. The van der Waals surface area contributed by atoms with Gasteiger partial charge in [-0.05, 0) is 75.1 Å². The highest BCUT2D eigenvalue weighted by atomic mass is 19.1. The number of aromatic amines is 2. The highest BCUT2D eigenvalue weighted by Gasteiger charge is 2.21. The summed E-state index contributed by atoms with van der Waals surface area (Å²) < 4.78 is 25.2. The number of halogens is 1. The van der Waals surface area contributed by atoms with E-state index in [0.29, 0.717) is 43.0 Å². The molecule has 1 amide bonds. The largest absolute Gasteiger partial charge is 0.479 e. The lowest BCUT2D eigenvalue weighted by Gasteiger charge is -2.17. The van der Waals surface area contributed by atoms with Crippen LogP contribution in [-0.4, -0.2) is 41.1 Å². The fourth-order valence-corrected chi connectivity index (χ4v) is 4.54. The molecule has 8 heteroatoms. The van der Waals surface area contributed by atoms with Crippen LogP contribution in [0.5, 0.6) is 5.75 Å². The van der Waals surface area contributed by atoms with Crippen molar-refractivity contribution in [1.29, 1.82) is 0 Å². The topological polar surface area (TPSA) is 96.2 Å². The summed E-state index contributed by atoms with van der Waals surface area (Å²) in [5.74, 6) is -0.350. The number of hydrogen-bond acceptors (Lipinski definition) is 4. The number of rotatable bonds is 10. The van der Waals surface area contributed by atoms with Crippen LogP contribution in [0.2, 0.25) is 0 Å². The van der Waals surface area contributed by atoms with Crippen molar-refractivity contribution in [2.24, 2.45) is 0 Å². The van der Waals surface area contributed by atoms with Crippen LogP contribution in [0.3, 0.4) is 0 Å². The number of nitrogens with one attached hydrogen (secondary N) is 3. The predicted molar refractivity (Wildman–Crippen MR) is 138 cm³/mol. The third-order valence-corrected chi connectivity index (χ3v) is 6.31. The summed E-state index contributed by atoms with van der Waals surface area (Å²) in [6.07, 6.45) is 1.25. The number of fused-ring (bicyclic) bond motifs is 2. The van der Waals surface area contributed by atoms with Gasteiger partial charge in [-0.2, -0.15) is 0 Å². The van der Waals surface area contributed by atoms with E-state index in [1.807, 2.05) is 26.8 Å². The predicted octanol–water partition coefficient (Wildman–Crippen LogP) is 5.49. The third-order valence-electron chi connectivity index (χ3n) is 6.31. The van der Waals surface area contributed by atoms with E-state index in [-0.39, 0.29) is 17.7 Å². The van der Waals surface area contributed by atoms with E-state index in [2.05, 4.69) is 15.3 Å². The first-order valence-electron chi connectivity index (χ1n) is 12.3. The zero-order valence-corrected chi connectivity index (χ0v) is 21.1. The molecule has 3 N–H and O–H groups in total. The Morgan fingerprint density at radius 3 is 2.64 bits per heavy atom. The van der Waals surface area contributed by atoms with Gasteiger partial charge >= 0.3 is 5.97 Å². The molecule has 0 saturated carbocycles. The normalized spacial score (nSPS) is 12.1. The molecule has 0 aliphatic heterocycles. The van der Waals surface area contributed by atoms with Gasteiger partial charge in [0.15, 0.2) is 6.10 Å². The van der Waals surface area contributed by atoms with E-state index in [0.717, 1.165) is 39.5 Å². The molecule has 2 heterocycles. The number of aryl methyl sites for hydroxylation is 2. The minimum Gasteiger partial charge on any atom is -0.479 e. The number of ether oxygens (including phenoxy) is 2. The Kier molecular flexibility index (Phi) is 7.62. The van der Waals surface area contributed by atoms with Gasteiger partial charge in [-0.25, -0.2) is 9.18 Å². The van der Waals surface area contributed by atoms with Crippen molar-refractivity contribution in [3.8, 4) is 5.75 Å². The Hall–Kier alpha value is -3.81.